The van der Waals surface area contributed by atoms with Gasteiger partial charge in [0.15, 0.2) is 5.69 Å². The predicted octanol–water partition coefficient (Wildman–Crippen LogP) is 5.56. The van der Waals surface area contributed by atoms with Gasteiger partial charge in [0.05, 0.1) is 12.4 Å². The maximum absolute atomic E-state index is 8.28. The van der Waals surface area contributed by atoms with Gasteiger partial charge < -0.3 is 0 Å². The smallest absolute Gasteiger partial charge is 0.232 e. The van der Waals surface area contributed by atoms with Crippen molar-refractivity contribution in [3.63, 3.8) is 0 Å². The lowest BCUT2D eigenvalue weighted by molar-refractivity contribution is -0.643. The maximum atomic E-state index is 8.28. The van der Waals surface area contributed by atoms with Gasteiger partial charge in [-0.15, -0.1) is 0 Å². The second-order valence-electron chi connectivity index (χ2n) is 9.35. The van der Waals surface area contributed by atoms with Crippen LogP contribution in [-0.4, -0.2) is 4.40 Å². The van der Waals surface area contributed by atoms with Gasteiger partial charge in [0, 0.05) is 31.3 Å². The molecule has 0 fully saturated rings. The minimum atomic E-state index is -2.18. The largest absolute Gasteiger partial charge is 0.295 e. The van der Waals surface area contributed by atoms with Crippen molar-refractivity contribution < 1.29 is 8.68 Å². The van der Waals surface area contributed by atoms with E-state index in [1.807, 2.05) is 6.07 Å². The topological polar surface area (TPSA) is 8.29 Å². The highest BCUT2D eigenvalue weighted by Crippen LogP contribution is 2.51. The molecule has 2 nitrogen and oxygen atoms in total. The van der Waals surface area contributed by atoms with Gasteiger partial charge in [0.25, 0.3) is 5.65 Å². The molecule has 5 rings (SSSR count). The Kier molecular flexibility index (Phi) is 2.41. The molecule has 0 unspecified atom stereocenters. The van der Waals surface area contributed by atoms with Crippen LogP contribution in [0.15, 0.2) is 30.5 Å². The van der Waals surface area contributed by atoms with Crippen LogP contribution in [0.1, 0.15) is 59.8 Å². The number of hydrogen-bond donors (Lipinski definition) is 0. The number of fused-ring (bicyclic) bond motifs is 3. The Balaban J connectivity index is 2.26. The molecule has 138 valence electrons. The summed E-state index contributed by atoms with van der Waals surface area (Å²) < 4.78 is 29.4. The first-order valence-electron chi connectivity index (χ1n) is 11.2. The van der Waals surface area contributed by atoms with Crippen molar-refractivity contribution in [2.75, 3.05) is 0 Å². The summed E-state index contributed by atoms with van der Waals surface area (Å²) in [7, 11) is 2.10. The third-order valence-electron chi connectivity index (χ3n) is 7.61. The highest BCUT2D eigenvalue weighted by Gasteiger charge is 2.50. The third-order valence-corrected chi connectivity index (χ3v) is 7.61. The number of hydrogen-bond acceptors (Lipinski definition) is 0. The molecule has 2 heteroatoms. The Hall–Kier alpha value is -2.35. The van der Waals surface area contributed by atoms with Crippen LogP contribution >= 0.6 is 0 Å². The van der Waals surface area contributed by atoms with E-state index in [-0.39, 0.29) is 10.8 Å². The van der Waals surface area contributed by atoms with Crippen LogP contribution in [0, 0.1) is 20.7 Å². The van der Waals surface area contributed by atoms with E-state index >= 15 is 0 Å². The molecule has 4 aromatic rings. The highest BCUT2D eigenvalue weighted by molar-refractivity contribution is 6.15. The fraction of sp³-hybridized carbons (Fsp3) is 0.400. The molecule has 3 heterocycles. The monoisotopic (exact) mass is 360 g/mol. The summed E-state index contributed by atoms with van der Waals surface area (Å²) in [6.45, 7) is 11.3. The summed E-state index contributed by atoms with van der Waals surface area (Å²) in [6, 6.07) is 8.14. The van der Waals surface area contributed by atoms with Crippen molar-refractivity contribution >= 4 is 27.3 Å². The number of aromatic nitrogens is 2. The molecule has 0 aliphatic carbocycles. The summed E-state index contributed by atoms with van der Waals surface area (Å²) in [5.74, 6) is 0. The standard InChI is InChI=1S/C25H29N2/c1-14-9-11-17-20-15(2)10-12-18-22(20)27-19(25(6,7)24(18,4)5)13-26(8)23(27)21(17)16(14)3/h9-13H,1-8H3/q+1/i2D3. The maximum Gasteiger partial charge on any atom is 0.295 e. The highest BCUT2D eigenvalue weighted by atomic mass is 15.1. The molecular formula is C25H29N2+. The second-order valence-corrected chi connectivity index (χ2v) is 9.35. The summed E-state index contributed by atoms with van der Waals surface area (Å²) in [5, 5.41) is 3.05. The molecule has 1 aliphatic rings. The van der Waals surface area contributed by atoms with Gasteiger partial charge in [-0.1, -0.05) is 52.0 Å². The zero-order valence-corrected chi connectivity index (χ0v) is 17.3. The summed E-state index contributed by atoms with van der Waals surface area (Å²) >= 11 is 0. The molecule has 2 aromatic heterocycles. The molecule has 0 radical (unpaired) electrons. The van der Waals surface area contributed by atoms with Gasteiger partial charge in [-0.25, -0.2) is 4.57 Å². The fourth-order valence-electron chi connectivity index (χ4n) is 5.10. The molecule has 27 heavy (non-hydrogen) atoms. The number of aryl methyl sites for hydroxylation is 4. The zero-order chi connectivity index (χ0) is 22.0. The first kappa shape index (κ1) is 13.8. The van der Waals surface area contributed by atoms with Crippen molar-refractivity contribution in [1.29, 1.82) is 0 Å². The molecule has 0 N–H and O–H groups in total. The second kappa shape index (κ2) is 4.73. The number of benzene rings is 2. The molecule has 2 aromatic carbocycles. The van der Waals surface area contributed by atoms with Gasteiger partial charge >= 0.3 is 0 Å². The minimum Gasteiger partial charge on any atom is -0.232 e. The molecule has 1 aliphatic heterocycles. The Bertz CT molecular complexity index is 1400. The molecule has 0 saturated carbocycles. The zero-order valence-electron chi connectivity index (χ0n) is 20.3. The lowest BCUT2D eigenvalue weighted by atomic mass is 9.60. The van der Waals surface area contributed by atoms with Crippen LogP contribution in [0.4, 0.5) is 0 Å². The minimum absolute atomic E-state index is 0.121. The van der Waals surface area contributed by atoms with E-state index < -0.39 is 6.85 Å². The van der Waals surface area contributed by atoms with Gasteiger partial charge in [-0.3, -0.25) is 0 Å². The Morgan fingerprint density at radius 2 is 1.63 bits per heavy atom. The van der Waals surface area contributed by atoms with E-state index in [1.54, 1.807) is 0 Å². The first-order chi connectivity index (χ1) is 13.8. The predicted molar refractivity (Wildman–Crippen MR) is 114 cm³/mol. The van der Waals surface area contributed by atoms with Crippen LogP contribution < -0.4 is 4.57 Å². The van der Waals surface area contributed by atoms with Crippen LogP contribution in [-0.2, 0) is 17.9 Å². The Labute approximate surface area is 165 Å². The third kappa shape index (κ3) is 1.70. The number of imidazole rings is 1. The van der Waals surface area contributed by atoms with E-state index in [9.17, 15) is 0 Å². The molecule has 0 saturated heterocycles. The average Bonchev–Trinajstić information content (AvgIpc) is 3.00. The molecular weight excluding hydrogens is 328 g/mol. The average molecular weight is 361 g/mol. The quantitative estimate of drug-likeness (QED) is 0.286. The van der Waals surface area contributed by atoms with E-state index in [0.717, 1.165) is 27.3 Å². The molecule has 0 spiro atoms. The van der Waals surface area contributed by atoms with E-state index in [1.165, 1.54) is 22.4 Å². The van der Waals surface area contributed by atoms with Crippen LogP contribution in [0.5, 0.6) is 0 Å². The van der Waals surface area contributed by atoms with Crippen molar-refractivity contribution in [3.8, 4) is 0 Å². The van der Waals surface area contributed by atoms with E-state index in [2.05, 4.69) is 82.0 Å². The van der Waals surface area contributed by atoms with Crippen LogP contribution in [0.25, 0.3) is 27.3 Å². The number of rotatable bonds is 0. The summed E-state index contributed by atoms with van der Waals surface area (Å²) in [6.07, 6.45) is 2.24. The van der Waals surface area contributed by atoms with Gasteiger partial charge in [-0.05, 0) is 37.4 Å². The molecule has 0 bridgehead atoms. The fourth-order valence-corrected chi connectivity index (χ4v) is 5.10. The molecule has 0 atom stereocenters. The summed E-state index contributed by atoms with van der Waals surface area (Å²) in [5.41, 5.74) is 7.22. The van der Waals surface area contributed by atoms with Crippen molar-refractivity contribution in [3.05, 3.63) is 58.4 Å². The Morgan fingerprint density at radius 1 is 0.926 bits per heavy atom. The van der Waals surface area contributed by atoms with E-state index in [4.69, 9.17) is 4.11 Å². The SMILES string of the molecule is [2H]C([2H])([2H])c1ccc2c3c1c1ccc(C)c(C)c1c1n3c(c[n+]1C)C(C)(C)C2(C)C. The summed E-state index contributed by atoms with van der Waals surface area (Å²) in [4.78, 5) is 0. The lowest BCUT2D eigenvalue weighted by Gasteiger charge is -2.43. The van der Waals surface area contributed by atoms with Crippen molar-refractivity contribution in [1.82, 2.24) is 4.40 Å². The van der Waals surface area contributed by atoms with Gasteiger partial charge in [0.1, 0.15) is 11.7 Å². The van der Waals surface area contributed by atoms with E-state index in [0.29, 0.717) is 5.56 Å². The van der Waals surface area contributed by atoms with Crippen molar-refractivity contribution in [2.24, 2.45) is 7.05 Å². The van der Waals surface area contributed by atoms with Gasteiger partial charge in [-0.2, -0.15) is 4.40 Å². The normalized spacial score (nSPS) is 19.6. The van der Waals surface area contributed by atoms with Crippen LogP contribution in [0.3, 0.4) is 0 Å². The number of nitrogens with zero attached hydrogens (tertiary/aromatic N) is 2. The van der Waals surface area contributed by atoms with Gasteiger partial charge in [0.2, 0.25) is 0 Å². The van der Waals surface area contributed by atoms with Crippen molar-refractivity contribution in [2.45, 2.75) is 59.2 Å². The Morgan fingerprint density at radius 3 is 2.33 bits per heavy atom. The van der Waals surface area contributed by atoms with Crippen LogP contribution in [0.2, 0.25) is 0 Å². The number of pyridine rings is 1. The molecule has 0 amide bonds. The first-order valence-corrected chi connectivity index (χ1v) is 9.71. The lowest BCUT2D eigenvalue weighted by Crippen LogP contribution is -2.44.